The quantitative estimate of drug-likeness (QED) is 0.330. The van der Waals surface area contributed by atoms with Crippen molar-refractivity contribution in [3.63, 3.8) is 0 Å². The van der Waals surface area contributed by atoms with Crippen LogP contribution in [0.2, 0.25) is 0 Å². The lowest BCUT2D eigenvalue weighted by Gasteiger charge is -2.08. The van der Waals surface area contributed by atoms with E-state index in [2.05, 4.69) is 25.5 Å². The number of fused-ring (bicyclic) bond motifs is 3. The number of rotatable bonds is 4. The molecule has 1 aromatic carbocycles. The molecule has 4 aromatic heterocycles. The fourth-order valence-corrected chi connectivity index (χ4v) is 4.39. The second-order valence-electron chi connectivity index (χ2n) is 7.42. The molecule has 0 atom stereocenters. The lowest BCUT2D eigenvalue weighted by Crippen LogP contribution is -2.20. The Labute approximate surface area is 180 Å². The minimum Gasteiger partial charge on any atom is -0.334 e. The Hall–Kier alpha value is -3.67. The Morgan fingerprint density at radius 1 is 1.06 bits per heavy atom. The van der Waals surface area contributed by atoms with Crippen molar-refractivity contribution in [1.29, 1.82) is 0 Å². The van der Waals surface area contributed by atoms with Gasteiger partial charge in [-0.2, -0.15) is 5.10 Å². The van der Waals surface area contributed by atoms with Crippen molar-refractivity contribution in [3.8, 4) is 5.95 Å². The van der Waals surface area contributed by atoms with Crippen LogP contribution in [0.25, 0.3) is 22.6 Å². The highest BCUT2D eigenvalue weighted by Crippen LogP contribution is 2.23. The minimum atomic E-state index is -0.103. The Morgan fingerprint density at radius 3 is 2.61 bits per heavy atom. The van der Waals surface area contributed by atoms with Crippen molar-refractivity contribution in [2.24, 2.45) is 7.05 Å². The first kappa shape index (κ1) is 19.3. The van der Waals surface area contributed by atoms with E-state index in [4.69, 9.17) is 5.84 Å². The van der Waals surface area contributed by atoms with Gasteiger partial charge in [-0.25, -0.2) is 9.36 Å². The van der Waals surface area contributed by atoms with Gasteiger partial charge in [0.2, 0.25) is 10.9 Å². The van der Waals surface area contributed by atoms with Crippen LogP contribution in [0.5, 0.6) is 0 Å². The van der Waals surface area contributed by atoms with Gasteiger partial charge in [-0.1, -0.05) is 23.4 Å². The summed E-state index contributed by atoms with van der Waals surface area (Å²) in [5.41, 5.74) is 3.47. The predicted molar refractivity (Wildman–Crippen MR) is 117 cm³/mol. The number of nitrogens with zero attached hydrogens (tertiary/aromatic N) is 9. The molecular formula is C19H20N10OS. The maximum absolute atomic E-state index is 12.7. The van der Waals surface area contributed by atoms with E-state index in [0.29, 0.717) is 33.8 Å². The number of aromatic nitrogens is 9. The smallest absolute Gasteiger partial charge is 0.271 e. The molecule has 158 valence electrons. The summed E-state index contributed by atoms with van der Waals surface area (Å²) < 4.78 is 6.46. The molecule has 5 rings (SSSR count). The van der Waals surface area contributed by atoms with Gasteiger partial charge in [0.25, 0.3) is 11.5 Å². The van der Waals surface area contributed by atoms with E-state index in [0.717, 1.165) is 22.5 Å². The van der Waals surface area contributed by atoms with E-state index in [1.54, 1.807) is 11.7 Å². The summed E-state index contributed by atoms with van der Waals surface area (Å²) in [4.78, 5) is 12.7. The van der Waals surface area contributed by atoms with Crippen molar-refractivity contribution in [3.05, 3.63) is 57.4 Å². The molecule has 0 spiro atoms. The summed E-state index contributed by atoms with van der Waals surface area (Å²) >= 11 is 1.38. The van der Waals surface area contributed by atoms with Crippen LogP contribution in [0.15, 0.2) is 34.2 Å². The lowest BCUT2D eigenvalue weighted by atomic mass is 10.1. The predicted octanol–water partition coefficient (Wildman–Crippen LogP) is 1.29. The van der Waals surface area contributed by atoms with E-state index < -0.39 is 0 Å². The molecule has 4 heterocycles. The molecule has 0 aliphatic heterocycles. The summed E-state index contributed by atoms with van der Waals surface area (Å²) in [6.07, 6.45) is 0. The summed E-state index contributed by atoms with van der Waals surface area (Å²) in [5, 5.41) is 22.5. The van der Waals surface area contributed by atoms with Gasteiger partial charge in [0.05, 0.1) is 22.3 Å². The number of nitrogen functional groups attached to an aromatic ring is 1. The molecule has 0 radical (unpaired) electrons. The van der Waals surface area contributed by atoms with E-state index in [9.17, 15) is 4.79 Å². The van der Waals surface area contributed by atoms with Crippen LogP contribution >= 0.6 is 11.8 Å². The molecule has 12 heteroatoms. The van der Waals surface area contributed by atoms with Gasteiger partial charge in [0.1, 0.15) is 5.82 Å². The minimum absolute atomic E-state index is 0.103. The van der Waals surface area contributed by atoms with E-state index in [1.165, 1.54) is 21.0 Å². The molecule has 31 heavy (non-hydrogen) atoms. The van der Waals surface area contributed by atoms with Crippen molar-refractivity contribution in [2.75, 3.05) is 5.84 Å². The van der Waals surface area contributed by atoms with Gasteiger partial charge in [-0.05, 0) is 39.0 Å². The summed E-state index contributed by atoms with van der Waals surface area (Å²) in [6.45, 7) is 5.80. The standard InChI is InChI=1S/C19H20N10OS/c1-10-5-6-14-13(7-10)16(30)26(4)17-22-21-15(27(14)17)9-31-19-24-23-18(28(19)20)29-12(3)8-11(2)25-29/h5-8H,9,20H2,1-4H3. The summed E-state index contributed by atoms with van der Waals surface area (Å²) in [7, 11) is 1.70. The highest BCUT2D eigenvalue weighted by atomic mass is 32.2. The average molecular weight is 437 g/mol. The van der Waals surface area contributed by atoms with Crippen molar-refractivity contribution < 1.29 is 0 Å². The van der Waals surface area contributed by atoms with E-state index in [-0.39, 0.29) is 5.56 Å². The number of nitrogens with two attached hydrogens (primary N) is 1. The van der Waals surface area contributed by atoms with Gasteiger partial charge < -0.3 is 5.84 Å². The molecule has 5 aromatic rings. The molecule has 0 saturated carbocycles. The van der Waals surface area contributed by atoms with Crippen LogP contribution < -0.4 is 11.4 Å². The van der Waals surface area contributed by atoms with Gasteiger partial charge >= 0.3 is 0 Å². The van der Waals surface area contributed by atoms with Crippen LogP contribution in [-0.2, 0) is 12.8 Å². The van der Waals surface area contributed by atoms with Crippen LogP contribution in [0.4, 0.5) is 0 Å². The molecular weight excluding hydrogens is 416 g/mol. The first-order valence-electron chi connectivity index (χ1n) is 9.55. The molecule has 0 aliphatic rings. The maximum atomic E-state index is 12.7. The first-order valence-corrected chi connectivity index (χ1v) is 10.5. The molecule has 0 amide bonds. The molecule has 0 aliphatic carbocycles. The maximum Gasteiger partial charge on any atom is 0.271 e. The normalized spacial score (nSPS) is 11.7. The zero-order valence-corrected chi connectivity index (χ0v) is 18.3. The Morgan fingerprint density at radius 2 is 1.87 bits per heavy atom. The third-order valence-electron chi connectivity index (χ3n) is 5.12. The second kappa shape index (κ2) is 6.94. The van der Waals surface area contributed by atoms with Gasteiger partial charge in [-0.3, -0.25) is 13.8 Å². The third-order valence-corrected chi connectivity index (χ3v) is 6.06. The van der Waals surface area contributed by atoms with Crippen molar-refractivity contribution >= 4 is 28.4 Å². The molecule has 11 nitrogen and oxygen atoms in total. The number of hydrogen-bond acceptors (Lipinski definition) is 8. The SMILES string of the molecule is Cc1ccc2c(c1)c(=O)n(C)c1nnc(CSc3nnc(-n4nc(C)cc4C)n3N)n21. The first-order chi connectivity index (χ1) is 14.8. The van der Waals surface area contributed by atoms with Crippen LogP contribution in [0, 0.1) is 20.8 Å². The molecule has 0 fully saturated rings. The van der Waals surface area contributed by atoms with Crippen LogP contribution in [-0.4, -0.2) is 43.8 Å². The second-order valence-corrected chi connectivity index (χ2v) is 8.36. The number of aryl methyl sites for hydroxylation is 4. The summed E-state index contributed by atoms with van der Waals surface area (Å²) in [6, 6.07) is 7.71. The summed E-state index contributed by atoms with van der Waals surface area (Å²) in [5.74, 6) is 8.27. The fourth-order valence-electron chi connectivity index (χ4n) is 3.62. The van der Waals surface area contributed by atoms with Crippen molar-refractivity contribution in [2.45, 2.75) is 31.7 Å². The molecule has 0 unspecified atom stereocenters. The topological polar surface area (TPSA) is 127 Å². The van der Waals surface area contributed by atoms with Crippen LogP contribution in [0.3, 0.4) is 0 Å². The van der Waals surface area contributed by atoms with Crippen molar-refractivity contribution in [1.82, 2.24) is 43.8 Å². The highest BCUT2D eigenvalue weighted by molar-refractivity contribution is 7.98. The number of benzene rings is 1. The Balaban J connectivity index is 1.54. The molecule has 2 N–H and O–H groups in total. The monoisotopic (exact) mass is 436 g/mol. The third kappa shape index (κ3) is 2.98. The van der Waals surface area contributed by atoms with Gasteiger partial charge in [-0.15, -0.1) is 20.4 Å². The van der Waals surface area contributed by atoms with E-state index >= 15 is 0 Å². The number of hydrogen-bond donors (Lipinski definition) is 1. The largest absolute Gasteiger partial charge is 0.334 e. The zero-order chi connectivity index (χ0) is 21.9. The Kier molecular flexibility index (Phi) is 4.32. The Bertz CT molecular complexity index is 1520. The zero-order valence-electron chi connectivity index (χ0n) is 17.4. The fraction of sp³-hybridized carbons (Fsp3) is 0.263. The number of thioether (sulfide) groups is 1. The van der Waals surface area contributed by atoms with E-state index in [1.807, 2.05) is 49.4 Å². The molecule has 0 bridgehead atoms. The van der Waals surface area contributed by atoms with Gasteiger partial charge in [0.15, 0.2) is 0 Å². The molecule has 0 saturated heterocycles. The highest BCUT2D eigenvalue weighted by Gasteiger charge is 2.18. The lowest BCUT2D eigenvalue weighted by molar-refractivity contribution is 0.727. The average Bonchev–Trinajstić information content (AvgIpc) is 3.41. The van der Waals surface area contributed by atoms with Crippen LogP contribution in [0.1, 0.15) is 22.8 Å². The van der Waals surface area contributed by atoms with Gasteiger partial charge in [0, 0.05) is 12.7 Å².